The van der Waals surface area contributed by atoms with E-state index in [9.17, 15) is 8.78 Å². The molecule has 0 saturated heterocycles. The predicted octanol–water partition coefficient (Wildman–Crippen LogP) is 4.48. The minimum atomic E-state index is -0.457. The van der Waals surface area contributed by atoms with Gasteiger partial charge in [-0.3, -0.25) is 0 Å². The number of anilines is 3. The molecule has 1 atom stereocenters. The molecule has 1 aliphatic rings. The molecule has 0 amide bonds. The normalized spacial score (nSPS) is 15.1. The number of fused-ring (bicyclic) bond motifs is 1. The van der Waals surface area contributed by atoms with E-state index in [4.69, 9.17) is 9.72 Å². The summed E-state index contributed by atoms with van der Waals surface area (Å²) >= 11 is 0. The van der Waals surface area contributed by atoms with Crippen LogP contribution >= 0.6 is 0 Å². The van der Waals surface area contributed by atoms with Crippen molar-refractivity contribution in [3.8, 4) is 5.69 Å². The first-order valence-electron chi connectivity index (χ1n) is 10.9. The monoisotopic (exact) mass is 463 g/mol. The Morgan fingerprint density at radius 2 is 1.94 bits per heavy atom. The van der Waals surface area contributed by atoms with E-state index in [1.807, 2.05) is 6.92 Å². The molecular weight excluding hydrogens is 440 g/mol. The summed E-state index contributed by atoms with van der Waals surface area (Å²) in [5.41, 5.74) is 3.34. The number of hydrogen-bond donors (Lipinski definition) is 2. The molecule has 10 heteroatoms. The van der Waals surface area contributed by atoms with E-state index in [-0.39, 0.29) is 11.7 Å². The van der Waals surface area contributed by atoms with Crippen LogP contribution in [0.15, 0.2) is 48.8 Å². The summed E-state index contributed by atoms with van der Waals surface area (Å²) in [6.07, 6.45) is 1.38. The fourth-order valence-corrected chi connectivity index (χ4v) is 4.03. The Morgan fingerprint density at radius 3 is 2.65 bits per heavy atom. The van der Waals surface area contributed by atoms with Crippen molar-refractivity contribution >= 4 is 17.5 Å². The standard InChI is InChI=1S/C24H23F2N7O/c1-3-27-23-19-12-34-11-18(15-4-6-16(25)7-5-15)22(19)31-24(32-23)30-17-8-9-21(20(26)10-17)33-14(2)28-13-29-33/h4-10,13,18H,3,11-12H2,1-2H3,(H2,27,30,31,32). The number of nitrogens with one attached hydrogen (secondary N) is 2. The number of halogens is 2. The zero-order valence-corrected chi connectivity index (χ0v) is 18.7. The van der Waals surface area contributed by atoms with E-state index in [0.717, 1.165) is 16.8 Å². The van der Waals surface area contributed by atoms with Crippen molar-refractivity contribution in [2.45, 2.75) is 26.4 Å². The van der Waals surface area contributed by atoms with E-state index in [2.05, 4.69) is 25.7 Å². The van der Waals surface area contributed by atoms with Crippen LogP contribution < -0.4 is 10.6 Å². The number of aromatic nitrogens is 5. The molecule has 2 N–H and O–H groups in total. The molecule has 1 aliphatic heterocycles. The molecule has 8 nitrogen and oxygen atoms in total. The highest BCUT2D eigenvalue weighted by atomic mass is 19.1. The molecule has 0 aliphatic carbocycles. The molecule has 0 radical (unpaired) electrons. The fourth-order valence-electron chi connectivity index (χ4n) is 4.03. The van der Waals surface area contributed by atoms with E-state index >= 15 is 0 Å². The number of aryl methyl sites for hydroxylation is 1. The molecule has 2 aromatic carbocycles. The highest BCUT2D eigenvalue weighted by Gasteiger charge is 2.28. The lowest BCUT2D eigenvalue weighted by Crippen LogP contribution is -2.23. The van der Waals surface area contributed by atoms with Crippen LogP contribution in [0.25, 0.3) is 5.69 Å². The number of benzene rings is 2. The second kappa shape index (κ2) is 9.14. The summed E-state index contributed by atoms with van der Waals surface area (Å²) < 4.78 is 35.6. The van der Waals surface area contributed by atoms with Gasteiger partial charge in [-0.2, -0.15) is 10.1 Å². The van der Waals surface area contributed by atoms with Crippen molar-refractivity contribution in [2.24, 2.45) is 0 Å². The Balaban J connectivity index is 1.50. The second-order valence-corrected chi connectivity index (χ2v) is 7.92. The average Bonchev–Trinajstić information content (AvgIpc) is 3.25. The summed E-state index contributed by atoms with van der Waals surface area (Å²) in [5, 5.41) is 10.4. The first-order valence-corrected chi connectivity index (χ1v) is 10.9. The third-order valence-electron chi connectivity index (χ3n) is 5.67. The molecule has 4 aromatic rings. The maximum atomic E-state index is 14.9. The van der Waals surface area contributed by atoms with Crippen molar-refractivity contribution < 1.29 is 13.5 Å². The molecule has 0 bridgehead atoms. The summed E-state index contributed by atoms with van der Waals surface area (Å²) in [6.45, 7) is 5.17. The number of hydrogen-bond acceptors (Lipinski definition) is 7. The molecular formula is C24H23F2N7O. The smallest absolute Gasteiger partial charge is 0.229 e. The van der Waals surface area contributed by atoms with Gasteiger partial charge >= 0.3 is 0 Å². The van der Waals surface area contributed by atoms with Gasteiger partial charge in [-0.15, -0.1) is 0 Å². The summed E-state index contributed by atoms with van der Waals surface area (Å²) in [6, 6.07) is 11.1. The third-order valence-corrected chi connectivity index (χ3v) is 5.67. The molecule has 5 rings (SSSR count). The number of nitrogens with zero attached hydrogens (tertiary/aromatic N) is 5. The Bertz CT molecular complexity index is 1320. The van der Waals surface area contributed by atoms with E-state index in [1.54, 1.807) is 31.2 Å². The second-order valence-electron chi connectivity index (χ2n) is 7.92. The zero-order chi connectivity index (χ0) is 23.7. The molecule has 34 heavy (non-hydrogen) atoms. The lowest BCUT2D eigenvalue weighted by Gasteiger charge is -2.27. The Hall–Kier alpha value is -3.92. The highest BCUT2D eigenvalue weighted by Crippen LogP contribution is 2.35. The first kappa shape index (κ1) is 21.9. The van der Waals surface area contributed by atoms with Gasteiger partial charge in [0.25, 0.3) is 0 Å². The van der Waals surface area contributed by atoms with Crippen LogP contribution in [-0.4, -0.2) is 37.9 Å². The SMILES string of the molecule is CCNc1nc(Nc2ccc(-n3ncnc3C)c(F)c2)nc2c1COCC2c1ccc(F)cc1. The van der Waals surface area contributed by atoms with Gasteiger partial charge in [-0.1, -0.05) is 12.1 Å². The van der Waals surface area contributed by atoms with Crippen LogP contribution in [0.4, 0.5) is 26.2 Å². The average molecular weight is 463 g/mol. The Kier molecular flexibility index (Phi) is 5.89. The van der Waals surface area contributed by atoms with Crippen LogP contribution in [0.3, 0.4) is 0 Å². The van der Waals surface area contributed by atoms with E-state index in [0.29, 0.717) is 48.7 Å². The van der Waals surface area contributed by atoms with Crippen LogP contribution in [-0.2, 0) is 11.3 Å². The van der Waals surface area contributed by atoms with Gasteiger partial charge in [0.05, 0.1) is 24.8 Å². The largest absolute Gasteiger partial charge is 0.376 e. The maximum Gasteiger partial charge on any atom is 0.229 e. The third kappa shape index (κ3) is 4.19. The van der Waals surface area contributed by atoms with Crippen molar-refractivity contribution in [3.05, 3.63) is 83.1 Å². The van der Waals surface area contributed by atoms with Crippen LogP contribution in [0.5, 0.6) is 0 Å². The molecule has 0 fully saturated rings. The Labute approximate surface area is 195 Å². The highest BCUT2D eigenvalue weighted by molar-refractivity contribution is 5.60. The topological polar surface area (TPSA) is 89.8 Å². The van der Waals surface area contributed by atoms with Crippen LogP contribution in [0.2, 0.25) is 0 Å². The van der Waals surface area contributed by atoms with Gasteiger partial charge in [0.15, 0.2) is 5.82 Å². The van der Waals surface area contributed by atoms with Gasteiger partial charge in [0, 0.05) is 17.8 Å². The first-order chi connectivity index (χ1) is 16.5. The van der Waals surface area contributed by atoms with E-state index < -0.39 is 5.82 Å². The molecule has 1 unspecified atom stereocenters. The molecule has 174 valence electrons. The van der Waals surface area contributed by atoms with Gasteiger partial charge in [0.1, 0.15) is 29.5 Å². The predicted molar refractivity (Wildman–Crippen MR) is 123 cm³/mol. The summed E-state index contributed by atoms with van der Waals surface area (Å²) in [4.78, 5) is 13.4. The van der Waals surface area contributed by atoms with Gasteiger partial charge in [0.2, 0.25) is 5.95 Å². The van der Waals surface area contributed by atoms with Crippen LogP contribution in [0, 0.1) is 18.6 Å². The van der Waals surface area contributed by atoms with Crippen molar-refractivity contribution in [3.63, 3.8) is 0 Å². The minimum Gasteiger partial charge on any atom is -0.376 e. The van der Waals surface area contributed by atoms with Gasteiger partial charge < -0.3 is 15.4 Å². The van der Waals surface area contributed by atoms with Crippen molar-refractivity contribution in [2.75, 3.05) is 23.8 Å². The van der Waals surface area contributed by atoms with Crippen molar-refractivity contribution in [1.82, 2.24) is 24.7 Å². The lowest BCUT2D eigenvalue weighted by atomic mass is 9.91. The maximum absolute atomic E-state index is 14.9. The lowest BCUT2D eigenvalue weighted by molar-refractivity contribution is 0.0978. The molecule has 0 saturated carbocycles. The molecule has 3 heterocycles. The minimum absolute atomic E-state index is 0.181. The molecule has 2 aromatic heterocycles. The summed E-state index contributed by atoms with van der Waals surface area (Å²) in [5.74, 6) is 0.623. The van der Waals surface area contributed by atoms with Crippen LogP contribution in [0.1, 0.15) is 35.5 Å². The number of ether oxygens (including phenoxy) is 1. The van der Waals surface area contributed by atoms with Crippen molar-refractivity contribution in [1.29, 1.82) is 0 Å². The fraction of sp³-hybridized carbons (Fsp3) is 0.250. The molecule has 0 spiro atoms. The van der Waals surface area contributed by atoms with Gasteiger partial charge in [-0.25, -0.2) is 23.4 Å². The zero-order valence-electron chi connectivity index (χ0n) is 18.7. The van der Waals surface area contributed by atoms with E-state index in [1.165, 1.54) is 29.2 Å². The van der Waals surface area contributed by atoms with Gasteiger partial charge in [-0.05, 0) is 49.7 Å². The Morgan fingerprint density at radius 1 is 1.12 bits per heavy atom. The number of rotatable bonds is 6. The quantitative estimate of drug-likeness (QED) is 0.436. The summed E-state index contributed by atoms with van der Waals surface area (Å²) in [7, 11) is 0.